The number of hydrogen-bond donors (Lipinski definition) is 1. The second-order valence-corrected chi connectivity index (χ2v) is 8.43. The minimum absolute atomic E-state index is 0.146. The van der Waals surface area contributed by atoms with E-state index in [1.165, 1.54) is 26.2 Å². The first kappa shape index (κ1) is 19.8. The number of carbonyl (C=O) groups excluding carboxylic acids is 1. The smallest absolute Gasteiger partial charge is 0.242 e. The normalized spacial score (nSPS) is 11.7. The molecule has 1 heterocycles. The molecule has 0 spiro atoms. The lowest BCUT2D eigenvalue weighted by atomic mass is 10.3. The van der Waals surface area contributed by atoms with E-state index in [2.05, 4.69) is 15.6 Å². The zero-order valence-corrected chi connectivity index (χ0v) is 16.6. The molecular weight excluding hydrogens is 382 g/mol. The van der Waals surface area contributed by atoms with Gasteiger partial charge in [-0.25, -0.2) is 17.4 Å². The van der Waals surface area contributed by atoms with E-state index in [-0.39, 0.29) is 17.2 Å². The van der Waals surface area contributed by atoms with Crippen molar-refractivity contribution in [2.45, 2.75) is 17.9 Å². The number of rotatable bonds is 7. The monoisotopic (exact) mass is 403 g/mol. The van der Waals surface area contributed by atoms with Crippen LogP contribution in [-0.4, -0.2) is 54.8 Å². The Labute approximate surface area is 163 Å². The summed E-state index contributed by atoms with van der Waals surface area (Å²) in [6, 6.07) is 11.7. The summed E-state index contributed by atoms with van der Waals surface area (Å²) in [6.07, 6.45) is 0.188. The molecule has 0 atom stereocenters. The lowest BCUT2D eigenvalue weighted by molar-refractivity contribution is -0.116. The van der Waals surface area contributed by atoms with Crippen LogP contribution >= 0.6 is 0 Å². The first-order chi connectivity index (χ1) is 13.3. The Morgan fingerprint density at radius 3 is 2.71 bits per heavy atom. The molecule has 0 radical (unpaired) electrons. The number of carbonyl (C=O) groups is 1. The number of nitrogens with zero attached hydrogens (tertiary/aromatic N) is 4. The molecule has 9 nitrogen and oxygen atoms in total. The molecule has 0 aliphatic carbocycles. The van der Waals surface area contributed by atoms with Crippen molar-refractivity contribution in [3.63, 3.8) is 0 Å². The van der Waals surface area contributed by atoms with E-state index in [0.29, 0.717) is 29.0 Å². The molecule has 1 N–H and O–H groups in total. The molecular formula is C18H21N5O4S. The number of methoxy groups -OCH3 is 1. The molecule has 10 heteroatoms. The van der Waals surface area contributed by atoms with Gasteiger partial charge in [-0.1, -0.05) is 11.3 Å². The summed E-state index contributed by atoms with van der Waals surface area (Å²) in [7, 11) is 0.957. The zero-order valence-electron chi connectivity index (χ0n) is 15.8. The number of anilines is 1. The third-order valence-electron chi connectivity index (χ3n) is 4.17. The number of amides is 1. The quantitative estimate of drug-likeness (QED) is 0.644. The summed E-state index contributed by atoms with van der Waals surface area (Å²) in [5.41, 5.74) is 1.76. The summed E-state index contributed by atoms with van der Waals surface area (Å²) in [5, 5.41) is 10.8. The predicted molar refractivity (Wildman–Crippen MR) is 105 cm³/mol. The summed E-state index contributed by atoms with van der Waals surface area (Å²) in [5.74, 6) is 0.479. The third kappa shape index (κ3) is 4.12. The molecule has 0 saturated heterocycles. The zero-order chi connectivity index (χ0) is 20.3. The van der Waals surface area contributed by atoms with Gasteiger partial charge in [0.15, 0.2) is 0 Å². The maximum atomic E-state index is 12.2. The standard InChI is InChI=1S/C18H21N5O4S/c1-22(2)28(25,26)15-7-8-17-16(12-15)20-21-23(17)10-9-18(24)19-13-5-4-6-14(11-13)27-3/h4-8,11-12H,9-10H2,1-3H3,(H,19,24). The molecule has 148 valence electrons. The van der Waals surface area contributed by atoms with Crippen molar-refractivity contribution in [2.75, 3.05) is 26.5 Å². The topological polar surface area (TPSA) is 106 Å². The van der Waals surface area contributed by atoms with Crippen molar-refractivity contribution in [1.82, 2.24) is 19.3 Å². The van der Waals surface area contributed by atoms with Gasteiger partial charge in [0.25, 0.3) is 0 Å². The Morgan fingerprint density at radius 2 is 2.00 bits per heavy atom. The van der Waals surface area contributed by atoms with Crippen molar-refractivity contribution in [3.8, 4) is 5.75 Å². The third-order valence-corrected chi connectivity index (χ3v) is 5.98. The second-order valence-electron chi connectivity index (χ2n) is 6.28. The number of aryl methyl sites for hydroxylation is 1. The van der Waals surface area contributed by atoms with Crippen LogP contribution in [0.5, 0.6) is 5.75 Å². The largest absolute Gasteiger partial charge is 0.497 e. The predicted octanol–water partition coefficient (Wildman–Crippen LogP) is 1.72. The van der Waals surface area contributed by atoms with Crippen molar-refractivity contribution < 1.29 is 17.9 Å². The van der Waals surface area contributed by atoms with E-state index in [0.717, 1.165) is 4.31 Å². The number of ether oxygens (including phenoxy) is 1. The summed E-state index contributed by atoms with van der Waals surface area (Å²) < 4.78 is 32.3. The van der Waals surface area contributed by atoms with Gasteiger partial charge >= 0.3 is 0 Å². The molecule has 0 unspecified atom stereocenters. The van der Waals surface area contributed by atoms with Gasteiger partial charge in [0.05, 0.1) is 24.1 Å². The lowest BCUT2D eigenvalue weighted by Crippen LogP contribution is -2.22. The second kappa shape index (κ2) is 7.95. The van der Waals surface area contributed by atoms with Crippen LogP contribution in [0.1, 0.15) is 6.42 Å². The van der Waals surface area contributed by atoms with Gasteiger partial charge in [0, 0.05) is 32.3 Å². The maximum absolute atomic E-state index is 12.2. The van der Waals surface area contributed by atoms with E-state index in [1.54, 1.807) is 42.1 Å². The molecule has 3 rings (SSSR count). The minimum atomic E-state index is -3.54. The van der Waals surface area contributed by atoms with E-state index in [9.17, 15) is 13.2 Å². The van der Waals surface area contributed by atoms with Crippen molar-refractivity contribution >= 4 is 32.7 Å². The summed E-state index contributed by atoms with van der Waals surface area (Å²) >= 11 is 0. The molecule has 3 aromatic rings. The molecule has 0 fully saturated rings. The number of benzene rings is 2. The highest BCUT2D eigenvalue weighted by atomic mass is 32.2. The number of aromatic nitrogens is 3. The van der Waals surface area contributed by atoms with Gasteiger partial charge in [-0.15, -0.1) is 5.10 Å². The summed E-state index contributed by atoms with van der Waals surface area (Å²) in [4.78, 5) is 12.4. The van der Waals surface area contributed by atoms with Crippen LogP contribution in [0.3, 0.4) is 0 Å². The molecule has 28 heavy (non-hydrogen) atoms. The Balaban J connectivity index is 1.70. The van der Waals surface area contributed by atoms with Gasteiger partial charge in [-0.2, -0.15) is 0 Å². The highest BCUT2D eigenvalue weighted by molar-refractivity contribution is 7.89. The fraction of sp³-hybridized carbons (Fsp3) is 0.278. The molecule has 0 aliphatic rings. The van der Waals surface area contributed by atoms with Gasteiger partial charge in [-0.05, 0) is 30.3 Å². The molecule has 0 bridgehead atoms. The maximum Gasteiger partial charge on any atom is 0.242 e. The molecule has 1 amide bonds. The van der Waals surface area contributed by atoms with E-state index < -0.39 is 10.0 Å². The molecule has 1 aromatic heterocycles. The number of sulfonamides is 1. The first-order valence-electron chi connectivity index (χ1n) is 8.51. The Morgan fingerprint density at radius 1 is 1.21 bits per heavy atom. The highest BCUT2D eigenvalue weighted by Crippen LogP contribution is 2.20. The van der Waals surface area contributed by atoms with Crippen LogP contribution in [0.4, 0.5) is 5.69 Å². The average Bonchev–Trinajstić information content (AvgIpc) is 3.08. The van der Waals surface area contributed by atoms with E-state index >= 15 is 0 Å². The van der Waals surface area contributed by atoms with Crippen LogP contribution in [-0.2, 0) is 21.4 Å². The fourth-order valence-corrected chi connectivity index (χ4v) is 3.54. The minimum Gasteiger partial charge on any atom is -0.497 e. The number of fused-ring (bicyclic) bond motifs is 1. The van der Waals surface area contributed by atoms with Crippen LogP contribution in [0.25, 0.3) is 11.0 Å². The number of nitrogens with one attached hydrogen (secondary N) is 1. The summed E-state index contributed by atoms with van der Waals surface area (Å²) in [6.45, 7) is 0.312. The Hall–Kier alpha value is -2.98. The first-order valence-corrected chi connectivity index (χ1v) is 9.95. The highest BCUT2D eigenvalue weighted by Gasteiger charge is 2.19. The van der Waals surface area contributed by atoms with Crippen LogP contribution < -0.4 is 10.1 Å². The molecule has 0 saturated carbocycles. The van der Waals surface area contributed by atoms with Crippen LogP contribution in [0, 0.1) is 0 Å². The van der Waals surface area contributed by atoms with E-state index in [4.69, 9.17) is 4.74 Å². The van der Waals surface area contributed by atoms with Crippen LogP contribution in [0.15, 0.2) is 47.4 Å². The molecule has 0 aliphatic heterocycles. The van der Waals surface area contributed by atoms with E-state index in [1.807, 2.05) is 0 Å². The van der Waals surface area contributed by atoms with Crippen molar-refractivity contribution in [1.29, 1.82) is 0 Å². The van der Waals surface area contributed by atoms with Gasteiger partial charge in [0.2, 0.25) is 15.9 Å². The Bertz CT molecular complexity index is 1110. The van der Waals surface area contributed by atoms with Gasteiger partial charge < -0.3 is 10.1 Å². The lowest BCUT2D eigenvalue weighted by Gasteiger charge is -2.11. The van der Waals surface area contributed by atoms with Gasteiger partial charge in [0.1, 0.15) is 11.3 Å². The Kier molecular flexibility index (Phi) is 5.61. The molecule has 2 aromatic carbocycles. The SMILES string of the molecule is COc1cccc(NC(=O)CCn2nnc3cc(S(=O)(=O)N(C)C)ccc32)c1. The van der Waals surface area contributed by atoms with Crippen molar-refractivity contribution in [3.05, 3.63) is 42.5 Å². The average molecular weight is 403 g/mol. The van der Waals surface area contributed by atoms with Crippen LogP contribution in [0.2, 0.25) is 0 Å². The fourth-order valence-electron chi connectivity index (χ4n) is 2.62. The van der Waals surface area contributed by atoms with Crippen molar-refractivity contribution in [2.24, 2.45) is 0 Å². The van der Waals surface area contributed by atoms with Gasteiger partial charge in [-0.3, -0.25) is 4.79 Å². The number of hydrogen-bond acceptors (Lipinski definition) is 6.